The third-order valence-corrected chi connectivity index (χ3v) is 3.33. The Hall–Kier alpha value is -1.42. The quantitative estimate of drug-likeness (QED) is 0.824. The molecule has 1 amide bonds. The lowest BCUT2D eigenvalue weighted by Crippen LogP contribution is -2.38. The Kier molecular flexibility index (Phi) is 6.50. The monoisotopic (exact) mass is 266 g/mol. The third kappa shape index (κ3) is 4.03. The highest BCUT2D eigenvalue weighted by molar-refractivity contribution is 5.95. The molecule has 0 fully saturated rings. The van der Waals surface area contributed by atoms with Gasteiger partial charge in [0.05, 0.1) is 5.69 Å². The number of amides is 1. The van der Waals surface area contributed by atoms with Gasteiger partial charge in [0.2, 0.25) is 5.91 Å². The number of hydrogen-bond donors (Lipinski definition) is 1. The van der Waals surface area contributed by atoms with Gasteiger partial charge < -0.3 is 10.6 Å². The molecule has 0 radical (unpaired) electrons. The van der Waals surface area contributed by atoms with Crippen molar-refractivity contribution in [3.63, 3.8) is 0 Å². The van der Waals surface area contributed by atoms with Crippen LogP contribution in [0.4, 0.5) is 10.1 Å². The van der Waals surface area contributed by atoms with Crippen LogP contribution in [-0.4, -0.2) is 19.0 Å². The van der Waals surface area contributed by atoms with Gasteiger partial charge in [0, 0.05) is 12.5 Å². The van der Waals surface area contributed by atoms with Crippen LogP contribution >= 0.6 is 0 Å². The summed E-state index contributed by atoms with van der Waals surface area (Å²) in [6.45, 7) is 4.91. The Morgan fingerprint density at radius 2 is 1.95 bits per heavy atom. The molecule has 2 N–H and O–H groups in total. The van der Waals surface area contributed by atoms with E-state index in [4.69, 9.17) is 5.73 Å². The van der Waals surface area contributed by atoms with Crippen LogP contribution in [0.5, 0.6) is 0 Å². The first-order valence-electron chi connectivity index (χ1n) is 6.91. The summed E-state index contributed by atoms with van der Waals surface area (Å²) in [5.41, 5.74) is 5.86. The van der Waals surface area contributed by atoms with Gasteiger partial charge in [-0.05, 0) is 37.9 Å². The summed E-state index contributed by atoms with van der Waals surface area (Å²) in [5.74, 6) is -0.431. The molecule has 0 atom stereocenters. The summed E-state index contributed by atoms with van der Waals surface area (Å²) in [6.07, 6.45) is 2.20. The molecule has 0 aliphatic carbocycles. The fourth-order valence-corrected chi connectivity index (χ4v) is 2.13. The van der Waals surface area contributed by atoms with Gasteiger partial charge in [-0.3, -0.25) is 4.79 Å². The predicted octanol–water partition coefficient (Wildman–Crippen LogP) is 2.94. The Morgan fingerprint density at radius 3 is 2.47 bits per heavy atom. The largest absolute Gasteiger partial charge is 0.330 e. The Bertz CT molecular complexity index is 405. The van der Waals surface area contributed by atoms with Crippen molar-refractivity contribution < 1.29 is 9.18 Å². The van der Waals surface area contributed by atoms with Crippen molar-refractivity contribution in [3.8, 4) is 0 Å². The molecule has 4 heteroatoms. The number of halogens is 1. The maximum absolute atomic E-state index is 13.9. The molecule has 1 aromatic rings. The fraction of sp³-hybridized carbons (Fsp3) is 0.533. The van der Waals surface area contributed by atoms with Crippen LogP contribution in [0.25, 0.3) is 0 Å². The maximum atomic E-state index is 13.9. The zero-order valence-electron chi connectivity index (χ0n) is 11.7. The highest BCUT2D eigenvalue weighted by atomic mass is 19.1. The highest BCUT2D eigenvalue weighted by Gasteiger charge is 2.24. The second kappa shape index (κ2) is 7.89. The van der Waals surface area contributed by atoms with Crippen LogP contribution in [-0.2, 0) is 4.79 Å². The number of anilines is 1. The third-order valence-electron chi connectivity index (χ3n) is 3.33. The average Bonchev–Trinajstić information content (AvgIpc) is 2.42. The number of nitrogens with two attached hydrogens (primary N) is 1. The minimum atomic E-state index is -0.362. The van der Waals surface area contributed by atoms with E-state index in [2.05, 4.69) is 0 Å². The van der Waals surface area contributed by atoms with Crippen LogP contribution in [0.1, 0.15) is 33.1 Å². The van der Waals surface area contributed by atoms with Gasteiger partial charge in [-0.25, -0.2) is 4.39 Å². The van der Waals surface area contributed by atoms with Crippen LogP contribution in [0, 0.1) is 11.7 Å². The number of rotatable bonds is 7. The molecule has 0 aromatic heterocycles. The van der Waals surface area contributed by atoms with E-state index in [1.807, 2.05) is 13.8 Å². The number of para-hydroxylation sites is 1. The summed E-state index contributed by atoms with van der Waals surface area (Å²) in [6, 6.07) is 6.40. The molecular formula is C15H23FN2O. The Morgan fingerprint density at radius 1 is 1.32 bits per heavy atom. The van der Waals surface area contributed by atoms with Gasteiger partial charge in [-0.2, -0.15) is 0 Å². The molecule has 0 saturated heterocycles. The van der Waals surface area contributed by atoms with Crippen molar-refractivity contribution >= 4 is 11.6 Å². The van der Waals surface area contributed by atoms with E-state index in [0.717, 1.165) is 12.8 Å². The molecule has 106 valence electrons. The number of benzene rings is 1. The first-order chi connectivity index (χ1) is 9.15. The van der Waals surface area contributed by atoms with E-state index >= 15 is 0 Å². The topological polar surface area (TPSA) is 46.3 Å². The Balaban J connectivity index is 3.01. The molecule has 19 heavy (non-hydrogen) atoms. The van der Waals surface area contributed by atoms with E-state index < -0.39 is 0 Å². The molecule has 0 saturated carbocycles. The molecule has 3 nitrogen and oxygen atoms in total. The number of hydrogen-bond acceptors (Lipinski definition) is 2. The van der Waals surface area contributed by atoms with Gasteiger partial charge in [0.1, 0.15) is 5.82 Å². The lowest BCUT2D eigenvalue weighted by Gasteiger charge is -2.27. The maximum Gasteiger partial charge on any atom is 0.230 e. The zero-order chi connectivity index (χ0) is 14.3. The SMILES string of the molecule is CCC(CC)C(=O)N(CCCN)c1ccccc1F. The van der Waals surface area contributed by atoms with Gasteiger partial charge in [0.15, 0.2) is 0 Å². The molecule has 1 rings (SSSR count). The molecule has 0 bridgehead atoms. The van der Waals surface area contributed by atoms with Crippen molar-refractivity contribution in [1.82, 2.24) is 0 Å². The van der Waals surface area contributed by atoms with Crippen LogP contribution in [0.3, 0.4) is 0 Å². The smallest absolute Gasteiger partial charge is 0.230 e. The summed E-state index contributed by atoms with van der Waals surface area (Å²) in [4.78, 5) is 14.0. The molecular weight excluding hydrogens is 243 g/mol. The molecule has 0 unspecified atom stereocenters. The van der Waals surface area contributed by atoms with E-state index in [1.54, 1.807) is 23.1 Å². The molecule has 1 aromatic carbocycles. The molecule has 0 spiro atoms. The lowest BCUT2D eigenvalue weighted by atomic mass is 10.0. The number of nitrogens with zero attached hydrogens (tertiary/aromatic N) is 1. The van der Waals surface area contributed by atoms with Gasteiger partial charge in [-0.1, -0.05) is 26.0 Å². The van der Waals surface area contributed by atoms with Crippen molar-refractivity contribution in [2.75, 3.05) is 18.0 Å². The molecule has 0 aliphatic heterocycles. The summed E-state index contributed by atoms with van der Waals surface area (Å²) >= 11 is 0. The highest BCUT2D eigenvalue weighted by Crippen LogP contribution is 2.23. The predicted molar refractivity (Wildman–Crippen MR) is 76.5 cm³/mol. The van der Waals surface area contributed by atoms with E-state index in [0.29, 0.717) is 25.2 Å². The number of carbonyl (C=O) groups is 1. The van der Waals surface area contributed by atoms with Gasteiger partial charge in [0.25, 0.3) is 0 Å². The van der Waals surface area contributed by atoms with E-state index in [9.17, 15) is 9.18 Å². The van der Waals surface area contributed by atoms with Gasteiger partial charge in [-0.15, -0.1) is 0 Å². The second-order valence-electron chi connectivity index (χ2n) is 4.60. The Labute approximate surface area is 114 Å². The average molecular weight is 266 g/mol. The van der Waals surface area contributed by atoms with Crippen molar-refractivity contribution in [2.24, 2.45) is 11.7 Å². The molecule has 0 heterocycles. The van der Waals surface area contributed by atoms with Crippen molar-refractivity contribution in [2.45, 2.75) is 33.1 Å². The fourth-order valence-electron chi connectivity index (χ4n) is 2.13. The normalized spacial score (nSPS) is 10.8. The van der Waals surface area contributed by atoms with E-state index in [1.165, 1.54) is 6.07 Å². The van der Waals surface area contributed by atoms with Crippen LogP contribution in [0.15, 0.2) is 24.3 Å². The first-order valence-corrected chi connectivity index (χ1v) is 6.91. The number of carbonyl (C=O) groups excluding carboxylic acids is 1. The molecule has 0 aliphatic rings. The summed E-state index contributed by atoms with van der Waals surface area (Å²) < 4.78 is 13.9. The minimum Gasteiger partial charge on any atom is -0.330 e. The van der Waals surface area contributed by atoms with E-state index in [-0.39, 0.29) is 17.6 Å². The van der Waals surface area contributed by atoms with Crippen LogP contribution in [0.2, 0.25) is 0 Å². The summed E-state index contributed by atoms with van der Waals surface area (Å²) in [7, 11) is 0. The van der Waals surface area contributed by atoms with Crippen LogP contribution < -0.4 is 10.6 Å². The second-order valence-corrected chi connectivity index (χ2v) is 4.60. The van der Waals surface area contributed by atoms with Gasteiger partial charge >= 0.3 is 0 Å². The first kappa shape index (κ1) is 15.6. The van der Waals surface area contributed by atoms with Crippen molar-refractivity contribution in [1.29, 1.82) is 0 Å². The minimum absolute atomic E-state index is 0.0106. The standard InChI is InChI=1S/C15H23FN2O/c1-3-12(4-2)15(19)18(11-7-10-17)14-9-6-5-8-13(14)16/h5-6,8-9,12H,3-4,7,10-11,17H2,1-2H3. The lowest BCUT2D eigenvalue weighted by molar-refractivity contribution is -0.122. The summed E-state index contributed by atoms with van der Waals surface area (Å²) in [5, 5.41) is 0. The zero-order valence-corrected chi connectivity index (χ0v) is 11.7. The van der Waals surface area contributed by atoms with Crippen molar-refractivity contribution in [3.05, 3.63) is 30.1 Å².